The Kier molecular flexibility index (Phi) is 2.86. The van der Waals surface area contributed by atoms with Gasteiger partial charge in [-0.2, -0.15) is 0 Å². The van der Waals surface area contributed by atoms with Crippen molar-refractivity contribution in [1.29, 1.82) is 0 Å². The summed E-state index contributed by atoms with van der Waals surface area (Å²) in [6.45, 7) is 1.88. The van der Waals surface area contributed by atoms with Crippen LogP contribution in [0.1, 0.15) is 25.3 Å². The molecule has 0 saturated heterocycles. The molecule has 1 fully saturated rings. The second kappa shape index (κ2) is 4.66. The van der Waals surface area contributed by atoms with E-state index in [1.54, 1.807) is 0 Å². The maximum Gasteiger partial charge on any atom is 0.156 e. The lowest BCUT2D eigenvalue weighted by molar-refractivity contribution is 0.204. The van der Waals surface area contributed by atoms with Gasteiger partial charge >= 0.3 is 0 Å². The first-order valence-corrected chi connectivity index (χ1v) is 7.63. The first-order valence-electron chi connectivity index (χ1n) is 7.63. The summed E-state index contributed by atoms with van der Waals surface area (Å²) >= 11 is 0. The standard InChI is InChI=1S/C18H19N3O/c1-2-16(20-22)13-10-15-11-18(15,19-12-13)21-17(8-9-17)14-6-4-3-5-7-14/h2-7,10-12,20-22H,8-9H2,1H3/t18-/m1/s1. The number of allylic oxidation sites excluding steroid dienone is 2. The summed E-state index contributed by atoms with van der Waals surface area (Å²) in [6, 6.07) is 10.6. The Morgan fingerprint density at radius 3 is 2.64 bits per heavy atom. The van der Waals surface area contributed by atoms with Crippen molar-refractivity contribution in [2.75, 3.05) is 0 Å². The van der Waals surface area contributed by atoms with E-state index in [1.165, 1.54) is 11.1 Å². The van der Waals surface area contributed by atoms with Crippen LogP contribution in [0.5, 0.6) is 0 Å². The molecule has 0 bridgehead atoms. The largest absolute Gasteiger partial charge is 0.291 e. The van der Waals surface area contributed by atoms with Gasteiger partial charge in [-0.25, -0.2) is 0 Å². The topological polar surface area (TPSA) is 56.6 Å². The van der Waals surface area contributed by atoms with E-state index in [1.807, 2.05) is 25.3 Å². The van der Waals surface area contributed by atoms with Crippen molar-refractivity contribution in [2.24, 2.45) is 4.99 Å². The maximum atomic E-state index is 9.13. The van der Waals surface area contributed by atoms with Gasteiger partial charge in [0.2, 0.25) is 0 Å². The van der Waals surface area contributed by atoms with Gasteiger partial charge in [0.1, 0.15) is 0 Å². The van der Waals surface area contributed by atoms with Crippen LogP contribution in [0.15, 0.2) is 70.4 Å². The van der Waals surface area contributed by atoms with Crippen molar-refractivity contribution in [3.05, 3.63) is 71.0 Å². The highest BCUT2D eigenvalue weighted by Crippen LogP contribution is 2.52. The Balaban J connectivity index is 1.53. The van der Waals surface area contributed by atoms with Crippen molar-refractivity contribution >= 4 is 6.21 Å². The molecule has 4 heteroatoms. The molecule has 0 radical (unpaired) electrons. The molecule has 0 spiro atoms. The highest BCUT2D eigenvalue weighted by Gasteiger charge is 2.55. The molecule has 0 amide bonds. The molecule has 112 valence electrons. The summed E-state index contributed by atoms with van der Waals surface area (Å²) in [4.78, 5) is 4.70. The summed E-state index contributed by atoms with van der Waals surface area (Å²) in [5.41, 5.74) is 6.00. The van der Waals surface area contributed by atoms with Crippen LogP contribution in [0.4, 0.5) is 0 Å². The third kappa shape index (κ3) is 2.03. The molecule has 1 aromatic rings. The first kappa shape index (κ1) is 13.5. The fraction of sp³-hybridized carbons (Fsp3) is 0.278. The number of hydrogen-bond donors (Lipinski definition) is 3. The molecule has 1 aromatic carbocycles. The zero-order valence-corrected chi connectivity index (χ0v) is 12.5. The molecule has 1 atom stereocenters. The lowest BCUT2D eigenvalue weighted by Gasteiger charge is -2.26. The summed E-state index contributed by atoms with van der Waals surface area (Å²) in [5.74, 6) is 0. The molecule has 4 rings (SSSR count). The monoisotopic (exact) mass is 293 g/mol. The van der Waals surface area contributed by atoms with Crippen LogP contribution < -0.4 is 10.8 Å². The molecule has 22 heavy (non-hydrogen) atoms. The van der Waals surface area contributed by atoms with Gasteiger partial charge < -0.3 is 0 Å². The molecule has 2 aliphatic carbocycles. The fourth-order valence-electron chi connectivity index (χ4n) is 3.15. The molecular formula is C18H19N3O. The normalized spacial score (nSPS) is 27.6. The Hall–Kier alpha value is -2.17. The zero-order chi connectivity index (χ0) is 15.2. The third-order valence-electron chi connectivity index (χ3n) is 4.67. The SMILES string of the molecule is CC=C(NO)C1=CC2=C[C@]2(NC2(c3ccccc3)CC2)N=C1. The molecule has 3 aliphatic rings. The number of hydroxylamine groups is 1. The summed E-state index contributed by atoms with van der Waals surface area (Å²) in [5, 5.41) is 12.9. The van der Waals surface area contributed by atoms with Crippen molar-refractivity contribution in [3.63, 3.8) is 0 Å². The first-order chi connectivity index (χ1) is 10.7. The predicted molar refractivity (Wildman–Crippen MR) is 86.6 cm³/mol. The molecule has 3 N–H and O–H groups in total. The van der Waals surface area contributed by atoms with Crippen molar-refractivity contribution in [2.45, 2.75) is 31.0 Å². The van der Waals surface area contributed by atoms with Gasteiger partial charge in [-0.3, -0.25) is 21.0 Å². The molecular weight excluding hydrogens is 274 g/mol. The highest BCUT2D eigenvalue weighted by atomic mass is 16.5. The maximum absolute atomic E-state index is 9.13. The molecule has 1 saturated carbocycles. The van der Waals surface area contributed by atoms with Gasteiger partial charge in [0.05, 0.1) is 5.70 Å². The zero-order valence-electron chi connectivity index (χ0n) is 12.5. The van der Waals surface area contributed by atoms with E-state index < -0.39 is 0 Å². The molecule has 1 heterocycles. The van der Waals surface area contributed by atoms with E-state index >= 15 is 0 Å². The molecule has 4 nitrogen and oxygen atoms in total. The minimum atomic E-state index is -0.343. The second-order valence-electron chi connectivity index (χ2n) is 6.11. The Morgan fingerprint density at radius 1 is 1.27 bits per heavy atom. The fourth-order valence-corrected chi connectivity index (χ4v) is 3.15. The predicted octanol–water partition coefficient (Wildman–Crippen LogP) is 2.80. The minimum Gasteiger partial charge on any atom is -0.291 e. The van der Waals surface area contributed by atoms with E-state index in [-0.39, 0.29) is 11.2 Å². The summed E-state index contributed by atoms with van der Waals surface area (Å²) in [7, 11) is 0. The van der Waals surface area contributed by atoms with Crippen LogP contribution >= 0.6 is 0 Å². The molecule has 0 unspecified atom stereocenters. The Labute approximate surface area is 129 Å². The van der Waals surface area contributed by atoms with Crippen LogP contribution in [-0.2, 0) is 5.54 Å². The lowest BCUT2D eigenvalue weighted by atomic mass is 10.0. The van der Waals surface area contributed by atoms with Crippen LogP contribution in [0.3, 0.4) is 0 Å². The number of nitrogens with one attached hydrogen (secondary N) is 2. The van der Waals surface area contributed by atoms with Gasteiger partial charge in [-0.1, -0.05) is 36.4 Å². The van der Waals surface area contributed by atoms with Gasteiger partial charge in [0.15, 0.2) is 5.66 Å². The quantitative estimate of drug-likeness (QED) is 0.732. The Bertz CT molecular complexity index is 726. The van der Waals surface area contributed by atoms with E-state index in [0.717, 1.165) is 18.4 Å². The molecule has 1 aliphatic heterocycles. The number of rotatable bonds is 5. The second-order valence-corrected chi connectivity index (χ2v) is 6.11. The van der Waals surface area contributed by atoms with E-state index in [4.69, 9.17) is 10.2 Å². The van der Waals surface area contributed by atoms with Crippen LogP contribution in [-0.4, -0.2) is 17.1 Å². The number of hydrogen-bond acceptors (Lipinski definition) is 4. The van der Waals surface area contributed by atoms with E-state index in [2.05, 4.69) is 47.2 Å². The number of benzene rings is 1. The van der Waals surface area contributed by atoms with E-state index in [0.29, 0.717) is 5.70 Å². The molecule has 0 aromatic heterocycles. The highest BCUT2D eigenvalue weighted by molar-refractivity contribution is 5.90. The number of aliphatic imine (C=N–C) groups is 1. The van der Waals surface area contributed by atoms with Gasteiger partial charge in [0, 0.05) is 17.3 Å². The third-order valence-corrected chi connectivity index (χ3v) is 4.67. The van der Waals surface area contributed by atoms with Crippen molar-refractivity contribution in [1.82, 2.24) is 10.8 Å². The van der Waals surface area contributed by atoms with Crippen LogP contribution in [0.2, 0.25) is 0 Å². The Morgan fingerprint density at radius 2 is 2.05 bits per heavy atom. The van der Waals surface area contributed by atoms with Crippen LogP contribution in [0, 0.1) is 0 Å². The summed E-state index contributed by atoms with van der Waals surface area (Å²) < 4.78 is 0. The van der Waals surface area contributed by atoms with Crippen molar-refractivity contribution in [3.8, 4) is 0 Å². The number of nitrogens with zero attached hydrogens (tertiary/aromatic N) is 1. The van der Waals surface area contributed by atoms with Gasteiger partial charge in [0.25, 0.3) is 0 Å². The number of fused-ring (bicyclic) bond motifs is 1. The minimum absolute atomic E-state index is 0.0564. The lowest BCUT2D eigenvalue weighted by Crippen LogP contribution is -2.42. The van der Waals surface area contributed by atoms with Crippen molar-refractivity contribution < 1.29 is 5.21 Å². The summed E-state index contributed by atoms with van der Waals surface area (Å²) in [6.07, 6.45) is 10.1. The smallest absolute Gasteiger partial charge is 0.156 e. The van der Waals surface area contributed by atoms with E-state index in [9.17, 15) is 0 Å². The average molecular weight is 293 g/mol. The average Bonchev–Trinajstić information content (AvgIpc) is 3.46. The van der Waals surface area contributed by atoms with Crippen LogP contribution in [0.25, 0.3) is 0 Å². The van der Waals surface area contributed by atoms with Gasteiger partial charge in [-0.15, -0.1) is 0 Å². The number of dihydropyridines is 1. The van der Waals surface area contributed by atoms with Gasteiger partial charge in [-0.05, 0) is 43.1 Å².